The summed E-state index contributed by atoms with van der Waals surface area (Å²) in [6.07, 6.45) is 1.53. The van der Waals surface area contributed by atoms with Crippen LogP contribution >= 0.6 is 11.3 Å². The number of hydrogen-bond acceptors (Lipinski definition) is 5. The molecule has 2 heterocycles. The molecule has 0 spiro atoms. The number of hydrogen-bond donors (Lipinski definition) is 1. The van der Waals surface area contributed by atoms with Gasteiger partial charge in [0, 0.05) is 13.1 Å². The van der Waals surface area contributed by atoms with Gasteiger partial charge in [-0.1, -0.05) is 6.92 Å². The third-order valence-electron chi connectivity index (χ3n) is 2.82. The molecule has 1 unspecified atom stereocenters. The van der Waals surface area contributed by atoms with Crippen molar-refractivity contribution < 1.29 is 9.90 Å². The second-order valence-corrected chi connectivity index (χ2v) is 5.03. The fourth-order valence-electron chi connectivity index (χ4n) is 1.78. The lowest BCUT2D eigenvalue weighted by Crippen LogP contribution is -2.32. The number of carboxylic acids is 1. The summed E-state index contributed by atoms with van der Waals surface area (Å²) in [7, 11) is 0. The van der Waals surface area contributed by atoms with E-state index >= 15 is 0 Å². The summed E-state index contributed by atoms with van der Waals surface area (Å²) >= 11 is 1.58. The van der Waals surface area contributed by atoms with Crippen molar-refractivity contribution in [1.82, 2.24) is 9.97 Å². The SMILES string of the molecule is CCN(CC(C)C(=O)O)c1ncnc2ccsc12. The lowest BCUT2D eigenvalue weighted by Gasteiger charge is -2.24. The maximum Gasteiger partial charge on any atom is 0.308 e. The number of aliphatic carboxylic acids is 1. The molecule has 1 N–H and O–H groups in total. The van der Waals surface area contributed by atoms with E-state index in [1.165, 1.54) is 6.33 Å². The van der Waals surface area contributed by atoms with Crippen molar-refractivity contribution in [2.24, 2.45) is 5.92 Å². The van der Waals surface area contributed by atoms with E-state index in [0.29, 0.717) is 6.54 Å². The molecule has 5 nitrogen and oxygen atoms in total. The van der Waals surface area contributed by atoms with Crippen molar-refractivity contribution in [3.05, 3.63) is 17.8 Å². The van der Waals surface area contributed by atoms with Crippen molar-refractivity contribution in [2.75, 3.05) is 18.0 Å². The molecule has 18 heavy (non-hydrogen) atoms. The number of nitrogens with zero attached hydrogens (tertiary/aromatic N) is 3. The Balaban J connectivity index is 2.32. The van der Waals surface area contributed by atoms with E-state index < -0.39 is 11.9 Å². The average molecular weight is 265 g/mol. The van der Waals surface area contributed by atoms with Crippen molar-refractivity contribution in [3.63, 3.8) is 0 Å². The molecule has 0 radical (unpaired) electrons. The van der Waals surface area contributed by atoms with Gasteiger partial charge in [-0.15, -0.1) is 11.3 Å². The minimum absolute atomic E-state index is 0.421. The van der Waals surface area contributed by atoms with Crippen LogP contribution < -0.4 is 4.90 Å². The molecule has 0 amide bonds. The zero-order chi connectivity index (χ0) is 13.1. The molecule has 1 atom stereocenters. The predicted molar refractivity (Wildman–Crippen MR) is 72.1 cm³/mol. The zero-order valence-corrected chi connectivity index (χ0v) is 11.1. The molecular formula is C12H15N3O2S. The van der Waals surface area contributed by atoms with Crippen LogP contribution in [0, 0.1) is 5.92 Å². The predicted octanol–water partition coefficient (Wildman–Crippen LogP) is 2.24. The largest absolute Gasteiger partial charge is 0.481 e. The molecule has 2 aromatic rings. The Morgan fingerprint density at radius 1 is 1.56 bits per heavy atom. The quantitative estimate of drug-likeness (QED) is 0.898. The van der Waals surface area contributed by atoms with Crippen LogP contribution in [-0.2, 0) is 4.79 Å². The first-order valence-corrected chi connectivity index (χ1v) is 6.67. The van der Waals surface area contributed by atoms with E-state index in [4.69, 9.17) is 5.11 Å². The summed E-state index contributed by atoms with van der Waals surface area (Å²) in [5.41, 5.74) is 0.909. The monoisotopic (exact) mass is 265 g/mol. The second-order valence-electron chi connectivity index (χ2n) is 4.11. The number of anilines is 1. The van der Waals surface area contributed by atoms with Gasteiger partial charge in [-0.25, -0.2) is 9.97 Å². The van der Waals surface area contributed by atoms with Gasteiger partial charge >= 0.3 is 5.97 Å². The Kier molecular flexibility index (Phi) is 3.76. The third-order valence-corrected chi connectivity index (χ3v) is 3.72. The Bertz CT molecular complexity index is 555. The van der Waals surface area contributed by atoms with Gasteiger partial charge in [-0.3, -0.25) is 4.79 Å². The van der Waals surface area contributed by atoms with Crippen LogP contribution in [0.15, 0.2) is 17.8 Å². The molecule has 0 saturated heterocycles. The van der Waals surface area contributed by atoms with Crippen LogP contribution in [0.1, 0.15) is 13.8 Å². The molecule has 0 aromatic carbocycles. The summed E-state index contributed by atoms with van der Waals surface area (Å²) in [6, 6.07) is 1.94. The Labute approximate surface area is 109 Å². The van der Waals surface area contributed by atoms with Crippen LogP contribution in [0.3, 0.4) is 0 Å². The van der Waals surface area contributed by atoms with E-state index in [9.17, 15) is 4.79 Å². The standard InChI is InChI=1S/C12H15N3O2S/c1-3-15(6-8(2)12(16)17)11-10-9(4-5-18-10)13-7-14-11/h4-5,7-8H,3,6H2,1-2H3,(H,16,17). The molecule has 96 valence electrons. The first-order chi connectivity index (χ1) is 8.63. The summed E-state index contributed by atoms with van der Waals surface area (Å²) in [5, 5.41) is 11.0. The fourth-order valence-corrected chi connectivity index (χ4v) is 2.64. The Hall–Kier alpha value is -1.69. The lowest BCUT2D eigenvalue weighted by atomic mass is 10.1. The first-order valence-electron chi connectivity index (χ1n) is 5.79. The van der Waals surface area contributed by atoms with Crippen molar-refractivity contribution >= 4 is 33.3 Å². The number of aromatic nitrogens is 2. The molecule has 2 aromatic heterocycles. The topological polar surface area (TPSA) is 66.3 Å². The maximum atomic E-state index is 10.9. The highest BCUT2D eigenvalue weighted by atomic mass is 32.1. The maximum absolute atomic E-state index is 10.9. The number of fused-ring (bicyclic) bond motifs is 1. The summed E-state index contributed by atoms with van der Waals surface area (Å²) in [4.78, 5) is 21.4. The van der Waals surface area contributed by atoms with Crippen LogP contribution in [-0.4, -0.2) is 34.1 Å². The number of carbonyl (C=O) groups is 1. The van der Waals surface area contributed by atoms with Crippen molar-refractivity contribution in [2.45, 2.75) is 13.8 Å². The fraction of sp³-hybridized carbons (Fsp3) is 0.417. The summed E-state index contributed by atoms with van der Waals surface area (Å²) in [5.74, 6) is -0.384. The average Bonchev–Trinajstić information content (AvgIpc) is 2.83. The van der Waals surface area contributed by atoms with Crippen LogP contribution in [0.2, 0.25) is 0 Å². The van der Waals surface area contributed by atoms with Gasteiger partial charge in [0.1, 0.15) is 12.1 Å². The van der Waals surface area contributed by atoms with Gasteiger partial charge in [-0.2, -0.15) is 0 Å². The van der Waals surface area contributed by atoms with E-state index in [1.807, 2.05) is 23.3 Å². The smallest absolute Gasteiger partial charge is 0.308 e. The first kappa shape index (κ1) is 12.8. The molecular weight excluding hydrogens is 250 g/mol. The molecule has 0 aliphatic heterocycles. The second kappa shape index (κ2) is 5.30. The van der Waals surface area contributed by atoms with E-state index in [0.717, 1.165) is 22.6 Å². The highest BCUT2D eigenvalue weighted by Crippen LogP contribution is 2.28. The zero-order valence-electron chi connectivity index (χ0n) is 10.3. The lowest BCUT2D eigenvalue weighted by molar-refractivity contribution is -0.140. The van der Waals surface area contributed by atoms with Crippen LogP contribution in [0.25, 0.3) is 10.2 Å². The summed E-state index contributed by atoms with van der Waals surface area (Å²) < 4.78 is 1.01. The highest BCUT2D eigenvalue weighted by Gasteiger charge is 2.18. The number of thiophene rings is 1. The molecule has 6 heteroatoms. The Morgan fingerprint density at radius 2 is 2.33 bits per heavy atom. The van der Waals surface area contributed by atoms with Crippen LogP contribution in [0.5, 0.6) is 0 Å². The van der Waals surface area contributed by atoms with Crippen molar-refractivity contribution in [3.8, 4) is 0 Å². The summed E-state index contributed by atoms with van der Waals surface area (Å²) in [6.45, 7) is 4.88. The highest BCUT2D eigenvalue weighted by molar-refractivity contribution is 7.17. The minimum Gasteiger partial charge on any atom is -0.481 e. The molecule has 0 aliphatic carbocycles. The van der Waals surface area contributed by atoms with Gasteiger partial charge in [0.15, 0.2) is 0 Å². The van der Waals surface area contributed by atoms with E-state index in [1.54, 1.807) is 18.3 Å². The van der Waals surface area contributed by atoms with E-state index in [-0.39, 0.29) is 0 Å². The molecule has 2 rings (SSSR count). The van der Waals surface area contributed by atoms with Gasteiger partial charge < -0.3 is 10.0 Å². The molecule has 0 bridgehead atoms. The normalized spacial score (nSPS) is 12.6. The molecule has 0 saturated carbocycles. The van der Waals surface area contributed by atoms with Crippen LogP contribution in [0.4, 0.5) is 5.82 Å². The van der Waals surface area contributed by atoms with E-state index in [2.05, 4.69) is 9.97 Å². The van der Waals surface area contributed by atoms with Crippen molar-refractivity contribution in [1.29, 1.82) is 0 Å². The number of rotatable bonds is 5. The third kappa shape index (κ3) is 2.43. The Morgan fingerprint density at radius 3 is 3.00 bits per heavy atom. The van der Waals surface area contributed by atoms with Gasteiger partial charge in [0.2, 0.25) is 0 Å². The number of carboxylic acid groups (broad SMARTS) is 1. The minimum atomic E-state index is -0.787. The molecule has 0 fully saturated rings. The molecule has 0 aliphatic rings. The van der Waals surface area contributed by atoms with Gasteiger partial charge in [-0.05, 0) is 18.4 Å². The van der Waals surface area contributed by atoms with Gasteiger partial charge in [0.05, 0.1) is 16.1 Å². The van der Waals surface area contributed by atoms with Gasteiger partial charge in [0.25, 0.3) is 0 Å².